The van der Waals surface area contributed by atoms with Gasteiger partial charge in [0.2, 0.25) is 0 Å². The Morgan fingerprint density at radius 2 is 1.97 bits per heavy atom. The van der Waals surface area contributed by atoms with Crippen molar-refractivity contribution in [3.8, 4) is 5.75 Å². The third kappa shape index (κ3) is 4.38. The Morgan fingerprint density at radius 1 is 1.23 bits per heavy atom. The summed E-state index contributed by atoms with van der Waals surface area (Å²) in [5, 5.41) is 7.86. The quantitative estimate of drug-likeness (QED) is 0.723. The van der Waals surface area contributed by atoms with Crippen molar-refractivity contribution in [1.82, 2.24) is 24.8 Å². The first-order valence-corrected chi connectivity index (χ1v) is 10.3. The van der Waals surface area contributed by atoms with Crippen molar-refractivity contribution in [2.75, 3.05) is 26.7 Å². The van der Waals surface area contributed by atoms with Crippen LogP contribution in [0.15, 0.2) is 24.4 Å². The predicted molar refractivity (Wildman–Crippen MR) is 107 cm³/mol. The first-order chi connectivity index (χ1) is 14.8. The molecule has 0 spiro atoms. The van der Waals surface area contributed by atoms with Crippen LogP contribution in [0.2, 0.25) is 0 Å². The summed E-state index contributed by atoms with van der Waals surface area (Å²) < 4.78 is 35.0. The SMILES string of the molecule is COc1ccc(C(=O)N2CC(F)(F)CC2Cn2cc(C(=O)N3CCCC3)nn2)c(C)c1. The molecule has 0 aliphatic carbocycles. The van der Waals surface area contributed by atoms with Crippen LogP contribution in [0.25, 0.3) is 0 Å². The maximum absolute atomic E-state index is 14.3. The number of hydrogen-bond donors (Lipinski definition) is 0. The molecule has 2 fully saturated rings. The van der Waals surface area contributed by atoms with Crippen LogP contribution in [0.4, 0.5) is 8.78 Å². The molecule has 2 amide bonds. The number of ether oxygens (including phenoxy) is 1. The Kier molecular flexibility index (Phi) is 5.63. The lowest BCUT2D eigenvalue weighted by Crippen LogP contribution is -2.39. The molecule has 2 saturated heterocycles. The molecule has 0 bridgehead atoms. The lowest BCUT2D eigenvalue weighted by molar-refractivity contribution is 0.0117. The minimum Gasteiger partial charge on any atom is -0.497 e. The molecule has 1 atom stereocenters. The molecule has 2 aliphatic rings. The van der Waals surface area contributed by atoms with Gasteiger partial charge in [0.15, 0.2) is 5.69 Å². The van der Waals surface area contributed by atoms with Gasteiger partial charge >= 0.3 is 0 Å². The van der Waals surface area contributed by atoms with Crippen LogP contribution in [0, 0.1) is 6.92 Å². The number of rotatable bonds is 5. The summed E-state index contributed by atoms with van der Waals surface area (Å²) in [6, 6.07) is 4.16. The summed E-state index contributed by atoms with van der Waals surface area (Å²) in [6.45, 7) is 2.49. The van der Waals surface area contributed by atoms with Crippen molar-refractivity contribution < 1.29 is 23.1 Å². The van der Waals surface area contributed by atoms with Crippen LogP contribution in [0.1, 0.15) is 45.7 Å². The van der Waals surface area contributed by atoms with Crippen molar-refractivity contribution in [1.29, 1.82) is 0 Å². The molecule has 1 unspecified atom stereocenters. The molecular formula is C21H25F2N5O3. The van der Waals surface area contributed by atoms with E-state index in [4.69, 9.17) is 4.74 Å². The zero-order valence-electron chi connectivity index (χ0n) is 17.6. The van der Waals surface area contributed by atoms with Crippen molar-refractivity contribution >= 4 is 11.8 Å². The standard InChI is InChI=1S/C21H25F2N5O3/c1-14-9-16(31-2)5-6-17(14)19(29)28-13-21(22,23)10-15(28)11-27-12-18(24-25-27)20(30)26-7-3-4-8-26/h5-6,9,12,15H,3-4,7-8,10-11,13H2,1-2H3. The van der Waals surface area contributed by atoms with Crippen LogP contribution in [0.3, 0.4) is 0 Å². The molecular weight excluding hydrogens is 408 g/mol. The van der Waals surface area contributed by atoms with Crippen molar-refractivity contribution in [2.24, 2.45) is 0 Å². The second kappa shape index (κ2) is 8.24. The Labute approximate surface area is 178 Å². The molecule has 1 aromatic carbocycles. The summed E-state index contributed by atoms with van der Waals surface area (Å²) in [5.41, 5.74) is 1.19. The van der Waals surface area contributed by atoms with Crippen LogP contribution in [-0.4, -0.2) is 75.3 Å². The van der Waals surface area contributed by atoms with Crippen LogP contribution in [0.5, 0.6) is 5.75 Å². The summed E-state index contributed by atoms with van der Waals surface area (Å²) in [4.78, 5) is 28.5. The predicted octanol–water partition coefficient (Wildman–Crippen LogP) is 2.38. The van der Waals surface area contributed by atoms with Crippen LogP contribution in [-0.2, 0) is 6.54 Å². The van der Waals surface area contributed by atoms with E-state index in [1.807, 2.05) is 0 Å². The van der Waals surface area contributed by atoms with Crippen LogP contribution >= 0.6 is 0 Å². The third-order valence-electron chi connectivity index (χ3n) is 5.85. The minimum atomic E-state index is -2.99. The number of nitrogens with zero attached hydrogens (tertiary/aromatic N) is 5. The molecule has 8 nitrogen and oxygen atoms in total. The number of methoxy groups -OCH3 is 1. The number of carbonyl (C=O) groups excluding carboxylic acids is 2. The second-order valence-corrected chi connectivity index (χ2v) is 8.15. The van der Waals surface area contributed by atoms with E-state index in [0.29, 0.717) is 30.0 Å². The van der Waals surface area contributed by atoms with E-state index in [2.05, 4.69) is 10.3 Å². The van der Waals surface area contributed by atoms with E-state index in [1.54, 1.807) is 30.0 Å². The van der Waals surface area contributed by atoms with Gasteiger partial charge in [-0.2, -0.15) is 0 Å². The highest BCUT2D eigenvalue weighted by atomic mass is 19.3. The van der Waals surface area contributed by atoms with E-state index >= 15 is 0 Å². The number of carbonyl (C=O) groups is 2. The summed E-state index contributed by atoms with van der Waals surface area (Å²) in [7, 11) is 1.52. The summed E-state index contributed by atoms with van der Waals surface area (Å²) >= 11 is 0. The van der Waals surface area contributed by atoms with Crippen molar-refractivity contribution in [2.45, 2.75) is 44.7 Å². The fourth-order valence-corrected chi connectivity index (χ4v) is 4.24. The van der Waals surface area contributed by atoms with Crippen molar-refractivity contribution in [3.63, 3.8) is 0 Å². The maximum atomic E-state index is 14.3. The number of amides is 2. The Bertz CT molecular complexity index is 987. The zero-order valence-corrected chi connectivity index (χ0v) is 17.6. The molecule has 166 valence electrons. The topological polar surface area (TPSA) is 80.6 Å². The van der Waals surface area contributed by atoms with Gasteiger partial charge in [-0.25, -0.2) is 13.5 Å². The number of benzene rings is 1. The Hall–Kier alpha value is -3.04. The highest BCUT2D eigenvalue weighted by molar-refractivity contribution is 5.96. The average molecular weight is 433 g/mol. The number of aryl methyl sites for hydroxylation is 1. The van der Waals surface area contributed by atoms with Gasteiger partial charge in [0.25, 0.3) is 17.7 Å². The number of alkyl halides is 2. The second-order valence-electron chi connectivity index (χ2n) is 8.15. The Balaban J connectivity index is 1.51. The van der Waals surface area contributed by atoms with Gasteiger partial charge in [-0.05, 0) is 43.5 Å². The van der Waals surface area contributed by atoms with Gasteiger partial charge in [0.05, 0.1) is 32.4 Å². The molecule has 0 radical (unpaired) electrons. The molecule has 2 aliphatic heterocycles. The van der Waals surface area contributed by atoms with E-state index in [1.165, 1.54) is 22.9 Å². The molecule has 10 heteroatoms. The smallest absolute Gasteiger partial charge is 0.276 e. The van der Waals surface area contributed by atoms with E-state index in [-0.39, 0.29) is 18.1 Å². The molecule has 2 aromatic rings. The molecule has 0 saturated carbocycles. The first-order valence-electron chi connectivity index (χ1n) is 10.3. The Morgan fingerprint density at radius 3 is 2.65 bits per heavy atom. The van der Waals surface area contributed by atoms with Gasteiger partial charge in [-0.1, -0.05) is 5.21 Å². The third-order valence-corrected chi connectivity index (χ3v) is 5.85. The molecule has 3 heterocycles. The minimum absolute atomic E-state index is 0.0385. The van der Waals surface area contributed by atoms with Crippen molar-refractivity contribution in [3.05, 3.63) is 41.2 Å². The van der Waals surface area contributed by atoms with E-state index in [0.717, 1.165) is 12.8 Å². The number of likely N-dealkylation sites (tertiary alicyclic amines) is 2. The fourth-order valence-electron chi connectivity index (χ4n) is 4.24. The fraction of sp³-hybridized carbons (Fsp3) is 0.524. The lowest BCUT2D eigenvalue weighted by atomic mass is 10.1. The van der Waals surface area contributed by atoms with E-state index < -0.39 is 30.8 Å². The number of hydrogen-bond acceptors (Lipinski definition) is 5. The monoisotopic (exact) mass is 433 g/mol. The largest absolute Gasteiger partial charge is 0.497 e. The van der Waals surface area contributed by atoms with Gasteiger partial charge in [-0.3, -0.25) is 9.59 Å². The highest BCUT2D eigenvalue weighted by Gasteiger charge is 2.47. The summed E-state index contributed by atoms with van der Waals surface area (Å²) in [5.74, 6) is -3.07. The highest BCUT2D eigenvalue weighted by Crippen LogP contribution is 2.34. The first kappa shape index (κ1) is 21.2. The van der Waals surface area contributed by atoms with E-state index in [9.17, 15) is 18.4 Å². The molecule has 0 N–H and O–H groups in total. The van der Waals surface area contributed by atoms with Crippen LogP contribution < -0.4 is 4.74 Å². The molecule has 1 aromatic heterocycles. The maximum Gasteiger partial charge on any atom is 0.276 e. The number of aromatic nitrogens is 3. The van der Waals surface area contributed by atoms with Gasteiger partial charge in [0.1, 0.15) is 5.75 Å². The van der Waals surface area contributed by atoms with Gasteiger partial charge < -0.3 is 14.5 Å². The van der Waals surface area contributed by atoms with Gasteiger partial charge in [0, 0.05) is 25.1 Å². The number of halogens is 2. The lowest BCUT2D eigenvalue weighted by Gasteiger charge is -2.24. The summed E-state index contributed by atoms with van der Waals surface area (Å²) in [6.07, 6.45) is 2.92. The average Bonchev–Trinajstić information content (AvgIpc) is 3.47. The zero-order chi connectivity index (χ0) is 22.2. The molecule has 31 heavy (non-hydrogen) atoms. The normalized spacial score (nSPS) is 20.3. The molecule has 4 rings (SSSR count). The van der Waals surface area contributed by atoms with Gasteiger partial charge in [-0.15, -0.1) is 5.10 Å².